The van der Waals surface area contributed by atoms with Gasteiger partial charge in [0.15, 0.2) is 0 Å². The molecule has 1 aromatic heterocycles. The number of nitrogens with one attached hydrogen (secondary N) is 1. The van der Waals surface area contributed by atoms with Crippen LogP contribution in [0, 0.1) is 0 Å². The average Bonchev–Trinajstić information content (AvgIpc) is 2.84. The highest BCUT2D eigenvalue weighted by molar-refractivity contribution is 5.94. The number of nitrogens with zero attached hydrogens (tertiary/aromatic N) is 3. The molecule has 2 atom stereocenters. The average molecular weight is 361 g/mol. The van der Waals surface area contributed by atoms with Crippen molar-refractivity contribution in [3.63, 3.8) is 0 Å². The van der Waals surface area contributed by atoms with Crippen molar-refractivity contribution in [3.8, 4) is 0 Å². The van der Waals surface area contributed by atoms with E-state index >= 15 is 0 Å². The second-order valence-electron chi connectivity index (χ2n) is 6.48. The number of halogens is 2. The maximum atomic E-state index is 12.6. The Hall–Kier alpha value is -1.04. The standard InChI is InChI=1S/C16H24N4O.2ClH/c1-19(2)15-7-4-11(10-17-15)16(21)20(3)14-8-12-5-6-13(9-14)18-12;;/h4,7,10,12-14,18H,5-6,8-9H2,1-3H3;2*1H. The zero-order valence-electron chi connectivity index (χ0n) is 13.9. The second-order valence-corrected chi connectivity index (χ2v) is 6.48. The summed E-state index contributed by atoms with van der Waals surface area (Å²) in [6.07, 6.45) is 6.33. The molecular weight excluding hydrogens is 335 g/mol. The Morgan fingerprint density at radius 1 is 1.13 bits per heavy atom. The first-order chi connectivity index (χ1) is 10.0. The zero-order chi connectivity index (χ0) is 15.0. The number of hydrogen-bond donors (Lipinski definition) is 1. The van der Waals surface area contributed by atoms with Crippen molar-refractivity contribution in [2.24, 2.45) is 0 Å². The van der Waals surface area contributed by atoms with Gasteiger partial charge in [-0.15, -0.1) is 24.8 Å². The van der Waals surface area contributed by atoms with E-state index < -0.39 is 0 Å². The summed E-state index contributed by atoms with van der Waals surface area (Å²) in [7, 11) is 5.82. The van der Waals surface area contributed by atoms with Gasteiger partial charge in [0, 0.05) is 45.5 Å². The highest BCUT2D eigenvalue weighted by Gasteiger charge is 2.36. The minimum absolute atomic E-state index is 0. The molecule has 130 valence electrons. The molecule has 2 bridgehead atoms. The van der Waals surface area contributed by atoms with Crippen molar-refractivity contribution in [2.45, 2.75) is 43.8 Å². The van der Waals surface area contributed by atoms with E-state index in [0.717, 1.165) is 18.7 Å². The molecule has 1 N–H and O–H groups in total. The normalized spacial score (nSPS) is 25.1. The summed E-state index contributed by atoms with van der Waals surface area (Å²) < 4.78 is 0. The van der Waals surface area contributed by atoms with Gasteiger partial charge in [-0.2, -0.15) is 0 Å². The van der Waals surface area contributed by atoms with Crippen LogP contribution in [0.5, 0.6) is 0 Å². The van der Waals surface area contributed by atoms with Gasteiger partial charge in [-0.25, -0.2) is 4.98 Å². The number of aromatic nitrogens is 1. The Labute approximate surface area is 150 Å². The molecule has 2 unspecified atom stereocenters. The molecule has 3 rings (SSSR count). The molecule has 1 amide bonds. The first kappa shape index (κ1) is 20.0. The summed E-state index contributed by atoms with van der Waals surface area (Å²) >= 11 is 0. The fraction of sp³-hybridized carbons (Fsp3) is 0.625. The van der Waals surface area contributed by atoms with Gasteiger partial charge < -0.3 is 15.1 Å². The number of fused-ring (bicyclic) bond motifs is 2. The number of piperidine rings is 1. The quantitative estimate of drug-likeness (QED) is 0.898. The van der Waals surface area contributed by atoms with Gasteiger partial charge in [0.05, 0.1) is 5.56 Å². The summed E-state index contributed by atoms with van der Waals surface area (Å²) in [5.74, 6) is 0.952. The van der Waals surface area contributed by atoms with E-state index in [4.69, 9.17) is 0 Å². The molecule has 0 radical (unpaired) electrons. The predicted octanol–water partition coefficient (Wildman–Crippen LogP) is 2.35. The number of amides is 1. The van der Waals surface area contributed by atoms with Gasteiger partial charge in [0.2, 0.25) is 0 Å². The summed E-state index contributed by atoms with van der Waals surface area (Å²) in [5.41, 5.74) is 0.675. The van der Waals surface area contributed by atoms with E-state index in [1.807, 2.05) is 43.1 Å². The van der Waals surface area contributed by atoms with E-state index in [-0.39, 0.29) is 30.7 Å². The Balaban J connectivity index is 0.00000132. The van der Waals surface area contributed by atoms with Crippen molar-refractivity contribution in [3.05, 3.63) is 23.9 Å². The molecule has 3 heterocycles. The van der Waals surface area contributed by atoms with Crippen LogP contribution >= 0.6 is 24.8 Å². The third-order valence-electron chi connectivity index (χ3n) is 4.77. The fourth-order valence-corrected chi connectivity index (χ4v) is 3.49. The minimum Gasteiger partial charge on any atom is -0.363 e. The van der Waals surface area contributed by atoms with Crippen LogP contribution < -0.4 is 10.2 Å². The lowest BCUT2D eigenvalue weighted by Gasteiger charge is -2.35. The van der Waals surface area contributed by atoms with E-state index in [1.54, 1.807) is 6.20 Å². The zero-order valence-corrected chi connectivity index (χ0v) is 15.5. The Morgan fingerprint density at radius 3 is 2.22 bits per heavy atom. The minimum atomic E-state index is 0. The first-order valence-electron chi connectivity index (χ1n) is 7.71. The van der Waals surface area contributed by atoms with Crippen LogP contribution in [0.15, 0.2) is 18.3 Å². The molecule has 0 saturated carbocycles. The topological polar surface area (TPSA) is 48.5 Å². The molecule has 23 heavy (non-hydrogen) atoms. The molecule has 2 aliphatic rings. The molecule has 0 aromatic carbocycles. The summed E-state index contributed by atoms with van der Waals surface area (Å²) in [4.78, 5) is 20.8. The molecule has 2 aliphatic heterocycles. The van der Waals surface area contributed by atoms with Crippen LogP contribution in [-0.4, -0.2) is 55.1 Å². The Bertz CT molecular complexity index is 511. The van der Waals surface area contributed by atoms with Crippen LogP contribution in [0.3, 0.4) is 0 Å². The van der Waals surface area contributed by atoms with Crippen LogP contribution in [-0.2, 0) is 0 Å². The van der Waals surface area contributed by atoms with Gasteiger partial charge in [-0.1, -0.05) is 0 Å². The highest BCUT2D eigenvalue weighted by atomic mass is 35.5. The molecule has 1 aromatic rings. The number of hydrogen-bond acceptors (Lipinski definition) is 4. The van der Waals surface area contributed by atoms with Crippen LogP contribution in [0.1, 0.15) is 36.0 Å². The van der Waals surface area contributed by atoms with Crippen molar-refractivity contribution < 1.29 is 4.79 Å². The van der Waals surface area contributed by atoms with E-state index in [1.165, 1.54) is 12.8 Å². The third-order valence-corrected chi connectivity index (χ3v) is 4.77. The third kappa shape index (κ3) is 4.28. The van der Waals surface area contributed by atoms with Crippen LogP contribution in [0.4, 0.5) is 5.82 Å². The molecule has 0 spiro atoms. The molecule has 7 heteroatoms. The first-order valence-corrected chi connectivity index (χ1v) is 7.71. The largest absolute Gasteiger partial charge is 0.363 e. The Morgan fingerprint density at radius 2 is 1.74 bits per heavy atom. The Kier molecular flexibility index (Phi) is 7.11. The molecule has 0 aliphatic carbocycles. The fourth-order valence-electron chi connectivity index (χ4n) is 3.49. The lowest BCUT2D eigenvalue weighted by Crippen LogP contribution is -2.48. The number of pyridine rings is 1. The predicted molar refractivity (Wildman–Crippen MR) is 98.1 cm³/mol. The molecule has 2 saturated heterocycles. The van der Waals surface area contributed by atoms with Crippen LogP contribution in [0.25, 0.3) is 0 Å². The van der Waals surface area contributed by atoms with Crippen LogP contribution in [0.2, 0.25) is 0 Å². The number of rotatable bonds is 3. The lowest BCUT2D eigenvalue weighted by molar-refractivity contribution is 0.0681. The highest BCUT2D eigenvalue weighted by Crippen LogP contribution is 2.29. The monoisotopic (exact) mass is 360 g/mol. The van der Waals surface area contributed by atoms with E-state index in [0.29, 0.717) is 23.7 Å². The molecule has 5 nitrogen and oxygen atoms in total. The van der Waals surface area contributed by atoms with Crippen molar-refractivity contribution in [1.82, 2.24) is 15.2 Å². The van der Waals surface area contributed by atoms with E-state index in [9.17, 15) is 4.79 Å². The summed E-state index contributed by atoms with van der Waals surface area (Å²) in [6, 6.07) is 5.31. The number of carbonyl (C=O) groups excluding carboxylic acids is 1. The number of anilines is 1. The molecular formula is C16H26Cl2N4O. The maximum Gasteiger partial charge on any atom is 0.255 e. The second kappa shape index (κ2) is 8.18. The summed E-state index contributed by atoms with van der Waals surface area (Å²) in [6.45, 7) is 0. The lowest BCUT2D eigenvalue weighted by atomic mass is 9.98. The van der Waals surface area contributed by atoms with Gasteiger partial charge >= 0.3 is 0 Å². The van der Waals surface area contributed by atoms with Gasteiger partial charge in [-0.05, 0) is 37.8 Å². The van der Waals surface area contributed by atoms with Crippen molar-refractivity contribution in [1.29, 1.82) is 0 Å². The number of carbonyl (C=O) groups is 1. The van der Waals surface area contributed by atoms with Gasteiger partial charge in [-0.3, -0.25) is 4.79 Å². The van der Waals surface area contributed by atoms with Crippen molar-refractivity contribution in [2.75, 3.05) is 26.0 Å². The van der Waals surface area contributed by atoms with Gasteiger partial charge in [0.1, 0.15) is 5.82 Å². The SMILES string of the molecule is CN(C)c1ccc(C(=O)N(C)C2CC3CCC(C2)N3)cn1.Cl.Cl. The molecule has 2 fully saturated rings. The van der Waals surface area contributed by atoms with Crippen molar-refractivity contribution >= 4 is 36.5 Å². The van der Waals surface area contributed by atoms with E-state index in [2.05, 4.69) is 10.3 Å². The van der Waals surface area contributed by atoms with Gasteiger partial charge in [0.25, 0.3) is 5.91 Å². The summed E-state index contributed by atoms with van der Waals surface area (Å²) in [5, 5.41) is 3.62. The smallest absolute Gasteiger partial charge is 0.255 e. The maximum absolute atomic E-state index is 12.6.